The van der Waals surface area contributed by atoms with Gasteiger partial charge in [0.25, 0.3) is 11.6 Å². The van der Waals surface area contributed by atoms with Crippen LogP contribution in [0, 0.1) is 17.0 Å². The number of methoxy groups -OCH3 is 1. The largest absolute Gasteiger partial charge is 0.385 e. The lowest BCUT2D eigenvalue weighted by Gasteiger charge is -2.24. The first-order chi connectivity index (χ1) is 15.4. The molecule has 0 N–H and O–H groups in total. The van der Waals surface area contributed by atoms with E-state index in [0.29, 0.717) is 48.8 Å². The van der Waals surface area contributed by atoms with Crippen LogP contribution in [-0.4, -0.2) is 40.6 Å². The molecule has 0 saturated heterocycles. The number of rotatable bonds is 10. The van der Waals surface area contributed by atoms with E-state index in [1.165, 1.54) is 6.07 Å². The van der Waals surface area contributed by atoms with Gasteiger partial charge in [0.2, 0.25) is 0 Å². The van der Waals surface area contributed by atoms with Crippen molar-refractivity contribution in [1.82, 2.24) is 9.47 Å². The minimum absolute atomic E-state index is 0.0604. The van der Waals surface area contributed by atoms with Gasteiger partial charge in [0.15, 0.2) is 0 Å². The zero-order valence-corrected chi connectivity index (χ0v) is 18.9. The fraction of sp³-hybridized carbons (Fsp3) is 0.292. The van der Waals surface area contributed by atoms with Crippen molar-refractivity contribution >= 4 is 23.2 Å². The second-order valence-corrected chi connectivity index (χ2v) is 7.96. The Morgan fingerprint density at radius 1 is 1.19 bits per heavy atom. The van der Waals surface area contributed by atoms with Crippen molar-refractivity contribution in [3.05, 3.63) is 98.3 Å². The topological polar surface area (TPSA) is 77.6 Å². The van der Waals surface area contributed by atoms with Gasteiger partial charge in [0, 0.05) is 60.9 Å². The van der Waals surface area contributed by atoms with Crippen molar-refractivity contribution in [3.63, 3.8) is 0 Å². The first-order valence-corrected chi connectivity index (χ1v) is 10.7. The Labute approximate surface area is 192 Å². The Balaban J connectivity index is 1.85. The van der Waals surface area contributed by atoms with Crippen LogP contribution in [0.3, 0.4) is 0 Å². The Kier molecular flexibility index (Phi) is 8.03. The number of ether oxygens (including phenoxy) is 1. The van der Waals surface area contributed by atoms with Crippen LogP contribution in [-0.2, 0) is 17.8 Å². The predicted octanol–water partition coefficient (Wildman–Crippen LogP) is 5.09. The summed E-state index contributed by atoms with van der Waals surface area (Å²) in [5, 5.41) is 12.0. The molecule has 3 aromatic rings. The minimum atomic E-state index is -0.462. The van der Waals surface area contributed by atoms with Crippen molar-refractivity contribution in [3.8, 4) is 0 Å². The standard InChI is InChI=1S/C24H26ClN3O4/c1-18-10-11-19(15-23(18)28(30)31)24(29)27(13-6-14-32-2)17-21-8-5-12-26(21)16-20-7-3-4-9-22(20)25/h3-5,7-12,15H,6,13-14,16-17H2,1-2H3. The number of nitrogens with zero attached hydrogens (tertiary/aromatic N) is 3. The molecule has 0 aliphatic rings. The molecule has 3 rings (SSSR count). The Hall–Kier alpha value is -3.16. The SMILES string of the molecule is COCCCN(Cc1cccn1Cc1ccccc1Cl)C(=O)c1ccc(C)c([N+](=O)[O-])c1. The van der Waals surface area contributed by atoms with E-state index in [1.807, 2.05) is 42.6 Å². The number of nitro benzene ring substituents is 1. The average molecular weight is 456 g/mol. The summed E-state index contributed by atoms with van der Waals surface area (Å²) in [5.41, 5.74) is 2.68. The summed E-state index contributed by atoms with van der Waals surface area (Å²) in [5.74, 6) is -0.255. The number of carbonyl (C=O) groups is 1. The lowest BCUT2D eigenvalue weighted by atomic mass is 10.1. The van der Waals surface area contributed by atoms with Gasteiger partial charge >= 0.3 is 0 Å². The van der Waals surface area contributed by atoms with Crippen LogP contribution in [0.25, 0.3) is 0 Å². The highest BCUT2D eigenvalue weighted by molar-refractivity contribution is 6.31. The van der Waals surface area contributed by atoms with Gasteiger partial charge in [0.05, 0.1) is 11.5 Å². The normalized spacial score (nSPS) is 10.8. The molecule has 1 amide bonds. The quantitative estimate of drug-likeness (QED) is 0.242. The van der Waals surface area contributed by atoms with Gasteiger partial charge in [-0.05, 0) is 43.2 Å². The monoisotopic (exact) mass is 455 g/mol. The van der Waals surface area contributed by atoms with Gasteiger partial charge in [-0.1, -0.05) is 35.9 Å². The molecule has 7 nitrogen and oxygen atoms in total. The predicted molar refractivity (Wildman–Crippen MR) is 124 cm³/mol. The molecule has 2 aromatic carbocycles. The van der Waals surface area contributed by atoms with Crippen LogP contribution in [0.2, 0.25) is 5.02 Å². The second kappa shape index (κ2) is 10.9. The van der Waals surface area contributed by atoms with Gasteiger partial charge in [-0.25, -0.2) is 0 Å². The number of halogens is 1. The van der Waals surface area contributed by atoms with Crippen molar-refractivity contribution in [2.45, 2.75) is 26.4 Å². The van der Waals surface area contributed by atoms with Crippen LogP contribution in [0.5, 0.6) is 0 Å². The molecule has 0 aliphatic heterocycles. The van der Waals surface area contributed by atoms with Gasteiger partial charge in [-0.2, -0.15) is 0 Å². The summed E-state index contributed by atoms with van der Waals surface area (Å²) in [6.07, 6.45) is 2.61. The summed E-state index contributed by atoms with van der Waals surface area (Å²) in [7, 11) is 1.62. The molecule has 1 heterocycles. The smallest absolute Gasteiger partial charge is 0.273 e. The van der Waals surface area contributed by atoms with E-state index in [2.05, 4.69) is 4.57 Å². The van der Waals surface area contributed by atoms with Crippen LogP contribution in [0.15, 0.2) is 60.8 Å². The highest BCUT2D eigenvalue weighted by atomic mass is 35.5. The van der Waals surface area contributed by atoms with E-state index in [1.54, 1.807) is 31.1 Å². The van der Waals surface area contributed by atoms with E-state index in [4.69, 9.17) is 16.3 Å². The molecule has 0 spiro atoms. The number of hydrogen-bond donors (Lipinski definition) is 0. The number of amides is 1. The van der Waals surface area contributed by atoms with E-state index in [9.17, 15) is 14.9 Å². The van der Waals surface area contributed by atoms with Crippen molar-refractivity contribution in [2.24, 2.45) is 0 Å². The molecular formula is C24H26ClN3O4. The van der Waals surface area contributed by atoms with Crippen molar-refractivity contribution < 1.29 is 14.5 Å². The Morgan fingerprint density at radius 2 is 1.97 bits per heavy atom. The molecule has 8 heteroatoms. The zero-order chi connectivity index (χ0) is 23.1. The number of aryl methyl sites for hydroxylation is 1. The van der Waals surface area contributed by atoms with Crippen molar-refractivity contribution in [2.75, 3.05) is 20.3 Å². The van der Waals surface area contributed by atoms with Crippen LogP contribution < -0.4 is 0 Å². The van der Waals surface area contributed by atoms with Gasteiger partial charge in [-0.3, -0.25) is 14.9 Å². The number of nitro groups is 1. The van der Waals surface area contributed by atoms with E-state index in [0.717, 1.165) is 11.3 Å². The van der Waals surface area contributed by atoms with E-state index < -0.39 is 4.92 Å². The third-order valence-electron chi connectivity index (χ3n) is 5.29. The lowest BCUT2D eigenvalue weighted by Crippen LogP contribution is -2.33. The maximum atomic E-state index is 13.3. The summed E-state index contributed by atoms with van der Waals surface area (Å²) < 4.78 is 7.20. The lowest BCUT2D eigenvalue weighted by molar-refractivity contribution is -0.385. The minimum Gasteiger partial charge on any atom is -0.385 e. The maximum Gasteiger partial charge on any atom is 0.273 e. The highest BCUT2D eigenvalue weighted by Gasteiger charge is 2.21. The molecule has 1 aromatic heterocycles. The first kappa shape index (κ1) is 23.5. The van der Waals surface area contributed by atoms with Crippen LogP contribution >= 0.6 is 11.6 Å². The summed E-state index contributed by atoms with van der Waals surface area (Å²) >= 11 is 6.32. The zero-order valence-electron chi connectivity index (χ0n) is 18.2. The first-order valence-electron chi connectivity index (χ1n) is 10.3. The average Bonchev–Trinajstić information content (AvgIpc) is 3.21. The summed E-state index contributed by atoms with van der Waals surface area (Å²) in [6, 6.07) is 16.1. The fourth-order valence-corrected chi connectivity index (χ4v) is 3.72. The molecule has 0 atom stereocenters. The molecule has 0 fully saturated rings. The van der Waals surface area contributed by atoms with Gasteiger partial charge < -0.3 is 14.2 Å². The maximum absolute atomic E-state index is 13.3. The van der Waals surface area contributed by atoms with Crippen molar-refractivity contribution in [1.29, 1.82) is 0 Å². The fourth-order valence-electron chi connectivity index (χ4n) is 3.53. The van der Waals surface area contributed by atoms with Gasteiger partial charge in [-0.15, -0.1) is 0 Å². The summed E-state index contributed by atoms with van der Waals surface area (Å²) in [4.78, 5) is 25.9. The number of carbonyl (C=O) groups excluding carboxylic acids is 1. The summed E-state index contributed by atoms with van der Waals surface area (Å²) in [6.45, 7) is 3.58. The van der Waals surface area contributed by atoms with Crippen LogP contribution in [0.1, 0.15) is 33.6 Å². The third-order valence-corrected chi connectivity index (χ3v) is 5.66. The van der Waals surface area contributed by atoms with E-state index in [-0.39, 0.29) is 11.6 Å². The molecule has 0 unspecified atom stereocenters. The van der Waals surface area contributed by atoms with Crippen LogP contribution in [0.4, 0.5) is 5.69 Å². The molecule has 0 aliphatic carbocycles. The molecule has 168 valence electrons. The molecule has 32 heavy (non-hydrogen) atoms. The molecule has 0 saturated carbocycles. The Bertz CT molecular complexity index is 1100. The number of hydrogen-bond acceptors (Lipinski definition) is 4. The molecular weight excluding hydrogens is 430 g/mol. The molecule has 0 bridgehead atoms. The third kappa shape index (κ3) is 5.75. The number of aromatic nitrogens is 1. The van der Waals surface area contributed by atoms with E-state index >= 15 is 0 Å². The van der Waals surface area contributed by atoms with Gasteiger partial charge in [0.1, 0.15) is 0 Å². The number of benzene rings is 2. The highest BCUT2D eigenvalue weighted by Crippen LogP contribution is 2.22. The Morgan fingerprint density at radius 3 is 2.69 bits per heavy atom. The molecule has 0 radical (unpaired) electrons. The second-order valence-electron chi connectivity index (χ2n) is 7.55.